The monoisotopic (exact) mass is 166 g/mol. The third kappa shape index (κ3) is 1.72. The van der Waals surface area contributed by atoms with Gasteiger partial charge in [0.25, 0.3) is 0 Å². The molecule has 0 amide bonds. The van der Waals surface area contributed by atoms with Crippen LogP contribution in [-0.4, -0.2) is 24.6 Å². The van der Waals surface area contributed by atoms with Gasteiger partial charge in [0, 0.05) is 6.20 Å². The van der Waals surface area contributed by atoms with Gasteiger partial charge in [-0.05, 0) is 12.1 Å². The van der Waals surface area contributed by atoms with Crippen LogP contribution < -0.4 is 5.32 Å². The molecule has 4 heteroatoms. The summed E-state index contributed by atoms with van der Waals surface area (Å²) >= 11 is 0. The molecule has 1 N–H and O–H groups in total. The second-order valence-electron chi connectivity index (χ2n) is 2.46. The number of ether oxygens (including phenoxy) is 2. The highest BCUT2D eigenvalue weighted by Crippen LogP contribution is 2.09. The summed E-state index contributed by atoms with van der Waals surface area (Å²) in [4.78, 5) is 3.95. The van der Waals surface area contributed by atoms with E-state index in [1.807, 2.05) is 12.1 Å². The summed E-state index contributed by atoms with van der Waals surface area (Å²) in [5.74, 6) is 0. The van der Waals surface area contributed by atoms with Crippen LogP contribution in [0, 0.1) is 0 Å². The Kier molecular flexibility index (Phi) is 2.20. The normalized spacial score (nSPS) is 18.0. The van der Waals surface area contributed by atoms with Gasteiger partial charge in [0.05, 0.1) is 25.1 Å². The Balaban J connectivity index is 1.94. The molecular formula is C8H10N2O2. The molecule has 1 aliphatic heterocycles. The van der Waals surface area contributed by atoms with Gasteiger partial charge in [-0.15, -0.1) is 0 Å². The van der Waals surface area contributed by atoms with Crippen molar-refractivity contribution < 1.29 is 9.47 Å². The fraction of sp³-hybridized carbons (Fsp3) is 0.375. The van der Waals surface area contributed by atoms with Crippen LogP contribution in [0.15, 0.2) is 24.5 Å². The van der Waals surface area contributed by atoms with Crippen LogP contribution in [0.1, 0.15) is 0 Å². The second-order valence-corrected chi connectivity index (χ2v) is 2.46. The maximum Gasteiger partial charge on any atom is 0.238 e. The van der Waals surface area contributed by atoms with Crippen molar-refractivity contribution in [1.82, 2.24) is 4.98 Å². The smallest absolute Gasteiger partial charge is 0.238 e. The molecule has 1 aromatic rings. The molecule has 1 aromatic heterocycles. The molecule has 0 saturated carbocycles. The van der Waals surface area contributed by atoms with Crippen LogP contribution in [0.25, 0.3) is 0 Å². The third-order valence-corrected chi connectivity index (χ3v) is 1.57. The lowest BCUT2D eigenvalue weighted by Crippen LogP contribution is -2.19. The summed E-state index contributed by atoms with van der Waals surface area (Å²) in [6, 6.07) is 3.77. The Labute approximate surface area is 70.5 Å². The lowest BCUT2D eigenvalue weighted by Gasteiger charge is -2.11. The van der Waals surface area contributed by atoms with Crippen molar-refractivity contribution in [2.45, 2.75) is 6.41 Å². The van der Waals surface area contributed by atoms with Crippen LogP contribution >= 0.6 is 0 Å². The molecule has 0 radical (unpaired) electrons. The molecule has 0 bridgehead atoms. The Morgan fingerprint density at radius 1 is 1.42 bits per heavy atom. The second kappa shape index (κ2) is 3.51. The molecule has 1 aliphatic rings. The summed E-state index contributed by atoms with van der Waals surface area (Å²) in [5.41, 5.74) is 0.907. The Morgan fingerprint density at radius 2 is 2.25 bits per heavy atom. The fourth-order valence-electron chi connectivity index (χ4n) is 1.03. The van der Waals surface area contributed by atoms with Gasteiger partial charge in [0.15, 0.2) is 0 Å². The Morgan fingerprint density at radius 3 is 2.92 bits per heavy atom. The maximum atomic E-state index is 5.20. The topological polar surface area (TPSA) is 43.4 Å². The van der Waals surface area contributed by atoms with E-state index in [9.17, 15) is 0 Å². The molecule has 1 fully saturated rings. The first kappa shape index (κ1) is 7.52. The maximum absolute atomic E-state index is 5.20. The van der Waals surface area contributed by atoms with Crippen molar-refractivity contribution in [2.24, 2.45) is 0 Å². The largest absolute Gasteiger partial charge is 0.336 e. The van der Waals surface area contributed by atoms with Gasteiger partial charge in [-0.2, -0.15) is 0 Å². The summed E-state index contributed by atoms with van der Waals surface area (Å²) in [5, 5.41) is 3.03. The number of nitrogens with zero attached hydrogens (tertiary/aromatic N) is 1. The zero-order chi connectivity index (χ0) is 8.23. The lowest BCUT2D eigenvalue weighted by molar-refractivity contribution is -0.0177. The molecule has 0 atom stereocenters. The molecule has 64 valence electrons. The molecule has 4 nitrogen and oxygen atoms in total. The first-order chi connectivity index (χ1) is 5.95. The molecule has 12 heavy (non-hydrogen) atoms. The van der Waals surface area contributed by atoms with E-state index in [0.717, 1.165) is 5.69 Å². The van der Waals surface area contributed by atoms with Crippen molar-refractivity contribution in [1.29, 1.82) is 0 Å². The minimum atomic E-state index is -0.311. The fourth-order valence-corrected chi connectivity index (χ4v) is 1.03. The highest BCUT2D eigenvalue weighted by atomic mass is 16.7. The van der Waals surface area contributed by atoms with Crippen molar-refractivity contribution in [3.8, 4) is 0 Å². The standard InChI is InChI=1S/C8H10N2O2/c1-2-7(6-9-3-1)10-8-11-4-5-12-8/h1-3,6,8,10H,4-5H2. The average Bonchev–Trinajstić information content (AvgIpc) is 2.59. The molecule has 0 spiro atoms. The minimum Gasteiger partial charge on any atom is -0.336 e. The molecule has 0 aromatic carbocycles. The van der Waals surface area contributed by atoms with E-state index in [1.54, 1.807) is 12.4 Å². The predicted molar refractivity (Wildman–Crippen MR) is 43.6 cm³/mol. The van der Waals surface area contributed by atoms with Crippen LogP contribution in [-0.2, 0) is 9.47 Å². The number of hydrogen-bond donors (Lipinski definition) is 1. The van der Waals surface area contributed by atoms with E-state index in [-0.39, 0.29) is 6.41 Å². The summed E-state index contributed by atoms with van der Waals surface area (Å²) in [6.07, 6.45) is 3.14. The van der Waals surface area contributed by atoms with E-state index < -0.39 is 0 Å². The van der Waals surface area contributed by atoms with Crippen LogP contribution in [0.3, 0.4) is 0 Å². The first-order valence-electron chi connectivity index (χ1n) is 3.85. The van der Waals surface area contributed by atoms with Crippen molar-refractivity contribution in [3.63, 3.8) is 0 Å². The highest BCUT2D eigenvalue weighted by Gasteiger charge is 2.14. The Bertz CT molecular complexity index is 234. The highest BCUT2D eigenvalue weighted by molar-refractivity contribution is 5.39. The number of nitrogens with one attached hydrogen (secondary N) is 1. The van der Waals surface area contributed by atoms with E-state index >= 15 is 0 Å². The third-order valence-electron chi connectivity index (χ3n) is 1.57. The van der Waals surface area contributed by atoms with Gasteiger partial charge in [-0.3, -0.25) is 4.98 Å². The first-order valence-corrected chi connectivity index (χ1v) is 3.85. The number of rotatable bonds is 2. The number of hydrogen-bond acceptors (Lipinski definition) is 4. The van der Waals surface area contributed by atoms with Crippen LogP contribution in [0.4, 0.5) is 5.69 Å². The minimum absolute atomic E-state index is 0.311. The van der Waals surface area contributed by atoms with Gasteiger partial charge in [0.1, 0.15) is 0 Å². The Hall–Kier alpha value is -1.13. The van der Waals surface area contributed by atoms with Crippen molar-refractivity contribution in [3.05, 3.63) is 24.5 Å². The van der Waals surface area contributed by atoms with E-state index in [2.05, 4.69) is 10.3 Å². The van der Waals surface area contributed by atoms with E-state index in [4.69, 9.17) is 9.47 Å². The summed E-state index contributed by atoms with van der Waals surface area (Å²) in [7, 11) is 0. The molecule has 2 heterocycles. The summed E-state index contributed by atoms with van der Waals surface area (Å²) in [6.45, 7) is 1.30. The van der Waals surface area contributed by atoms with Crippen molar-refractivity contribution >= 4 is 5.69 Å². The van der Waals surface area contributed by atoms with Gasteiger partial charge in [-0.1, -0.05) is 0 Å². The molecular weight excluding hydrogens is 156 g/mol. The van der Waals surface area contributed by atoms with E-state index in [1.165, 1.54) is 0 Å². The molecule has 0 aliphatic carbocycles. The zero-order valence-corrected chi connectivity index (χ0v) is 6.56. The quantitative estimate of drug-likeness (QED) is 0.706. The summed E-state index contributed by atoms with van der Waals surface area (Å²) < 4.78 is 10.4. The van der Waals surface area contributed by atoms with E-state index in [0.29, 0.717) is 13.2 Å². The number of aromatic nitrogens is 1. The van der Waals surface area contributed by atoms with Gasteiger partial charge < -0.3 is 14.8 Å². The lowest BCUT2D eigenvalue weighted by atomic mass is 10.4. The SMILES string of the molecule is c1cncc(NC2OCCO2)c1. The van der Waals surface area contributed by atoms with Gasteiger partial charge in [-0.25, -0.2) is 0 Å². The van der Waals surface area contributed by atoms with Gasteiger partial charge in [0.2, 0.25) is 6.41 Å². The average molecular weight is 166 g/mol. The van der Waals surface area contributed by atoms with Crippen molar-refractivity contribution in [2.75, 3.05) is 18.5 Å². The molecule has 2 rings (SSSR count). The zero-order valence-electron chi connectivity index (χ0n) is 6.56. The molecule has 0 unspecified atom stereocenters. The van der Waals surface area contributed by atoms with Crippen LogP contribution in [0.5, 0.6) is 0 Å². The number of anilines is 1. The van der Waals surface area contributed by atoms with Gasteiger partial charge >= 0.3 is 0 Å². The molecule has 1 saturated heterocycles. The van der Waals surface area contributed by atoms with Crippen LogP contribution in [0.2, 0.25) is 0 Å². The number of pyridine rings is 1. The predicted octanol–water partition coefficient (Wildman–Crippen LogP) is 0.824.